The third-order valence-electron chi connectivity index (χ3n) is 10.3. The Bertz CT molecular complexity index is 1730. The third-order valence-corrected chi connectivity index (χ3v) is 10.6. The summed E-state index contributed by atoms with van der Waals surface area (Å²) >= 11 is 6.78. The molecule has 3 aliphatic carbocycles. The lowest BCUT2D eigenvalue weighted by Crippen LogP contribution is -2.32. The molecule has 2 amide bonds. The molecule has 1 N–H and O–H groups in total. The normalized spacial score (nSPS) is 19.7. The topological polar surface area (TPSA) is 71.0 Å². The quantitative estimate of drug-likeness (QED) is 0.110. The zero-order valence-corrected chi connectivity index (χ0v) is 27.1. The molecule has 236 valence electrons. The number of para-hydroxylation sites is 1. The molecule has 4 aliphatic rings. The van der Waals surface area contributed by atoms with Gasteiger partial charge < -0.3 is 10.1 Å². The van der Waals surface area contributed by atoms with Gasteiger partial charge in [0.1, 0.15) is 5.75 Å². The number of halogens is 1. The van der Waals surface area contributed by atoms with Crippen molar-refractivity contribution in [2.75, 3.05) is 6.54 Å². The second-order valence-corrected chi connectivity index (χ2v) is 13.7. The Morgan fingerprint density at radius 2 is 1.72 bits per heavy atom. The number of aliphatic imine (C=N–C) groups is 1. The van der Waals surface area contributed by atoms with Gasteiger partial charge in [-0.1, -0.05) is 54.1 Å². The number of hydrogen-bond acceptors (Lipinski definition) is 5. The minimum Gasteiger partial charge on any atom is -0.490 e. The second kappa shape index (κ2) is 12.3. The van der Waals surface area contributed by atoms with Crippen LogP contribution < -0.4 is 10.1 Å². The summed E-state index contributed by atoms with van der Waals surface area (Å²) < 4.78 is 6.29. The number of fused-ring (bicyclic) bond motifs is 1. The summed E-state index contributed by atoms with van der Waals surface area (Å²) in [4.78, 5) is 31.1. The standard InChI is InChI=1S/C39H40ClN3O3/c1-26(30(16-22-41-2)31-8-5-6-11-35(31)46-29-13-14-29)39(20-21-39)42-25-27-24-28(12-15-34(27)40)38(18-19-38)17-7-23-43-36(44)32-9-3-4-10-33(32)37(43)45/h3-6,8-12,15-16,22,24,29,42H,2,7,13-14,17-21,23,25H2,1H3/b22-16-,30-26-. The van der Waals surface area contributed by atoms with Crippen LogP contribution in [-0.4, -0.2) is 41.6 Å². The predicted molar refractivity (Wildman–Crippen MR) is 184 cm³/mol. The van der Waals surface area contributed by atoms with Crippen LogP contribution in [0.15, 0.2) is 89.6 Å². The Morgan fingerprint density at radius 3 is 2.37 bits per heavy atom. The number of imide groups is 1. The molecule has 0 aromatic heterocycles. The number of allylic oxidation sites excluding steroid dienone is 2. The van der Waals surface area contributed by atoms with Crippen LogP contribution in [0.1, 0.15) is 95.7 Å². The lowest BCUT2D eigenvalue weighted by Gasteiger charge is -2.24. The van der Waals surface area contributed by atoms with Crippen molar-refractivity contribution in [3.63, 3.8) is 0 Å². The van der Waals surface area contributed by atoms with Gasteiger partial charge in [0.25, 0.3) is 11.8 Å². The molecule has 0 unspecified atom stereocenters. The molecular formula is C39H40ClN3O3. The molecule has 46 heavy (non-hydrogen) atoms. The van der Waals surface area contributed by atoms with Crippen molar-refractivity contribution in [2.24, 2.45) is 4.99 Å². The number of carbonyl (C=O) groups is 2. The van der Waals surface area contributed by atoms with Gasteiger partial charge >= 0.3 is 0 Å². The molecule has 3 aromatic carbocycles. The fourth-order valence-electron chi connectivity index (χ4n) is 6.92. The maximum atomic E-state index is 12.8. The molecule has 0 atom stereocenters. The number of rotatable bonds is 14. The van der Waals surface area contributed by atoms with Gasteiger partial charge in [0.05, 0.1) is 17.2 Å². The average Bonchev–Trinajstić information content (AvgIpc) is 3.96. The Kier molecular flexibility index (Phi) is 8.20. The van der Waals surface area contributed by atoms with Gasteiger partial charge in [-0.15, -0.1) is 0 Å². The number of ether oxygens (including phenoxy) is 1. The van der Waals surface area contributed by atoms with Gasteiger partial charge in [-0.3, -0.25) is 19.5 Å². The summed E-state index contributed by atoms with van der Waals surface area (Å²) in [5.74, 6) is 0.557. The van der Waals surface area contributed by atoms with Gasteiger partial charge in [0, 0.05) is 35.4 Å². The van der Waals surface area contributed by atoms with E-state index in [1.165, 1.54) is 16.0 Å². The maximum absolute atomic E-state index is 12.8. The number of carbonyl (C=O) groups excluding carboxylic acids is 2. The van der Waals surface area contributed by atoms with E-state index in [0.29, 0.717) is 30.3 Å². The van der Waals surface area contributed by atoms with Crippen molar-refractivity contribution >= 4 is 35.7 Å². The van der Waals surface area contributed by atoms with Crippen molar-refractivity contribution in [2.45, 2.75) is 81.9 Å². The molecular weight excluding hydrogens is 594 g/mol. The maximum Gasteiger partial charge on any atom is 0.261 e. The molecule has 3 aromatic rings. The molecule has 6 nitrogen and oxygen atoms in total. The van der Waals surface area contributed by atoms with Gasteiger partial charge in [-0.05, 0) is 123 Å². The van der Waals surface area contributed by atoms with Crippen LogP contribution in [-0.2, 0) is 12.0 Å². The minimum atomic E-state index is -0.179. The highest BCUT2D eigenvalue weighted by molar-refractivity contribution is 6.31. The van der Waals surface area contributed by atoms with Gasteiger partial charge in [0.2, 0.25) is 0 Å². The van der Waals surface area contributed by atoms with Gasteiger partial charge in [-0.2, -0.15) is 0 Å². The molecule has 3 fully saturated rings. The Labute approximate surface area is 276 Å². The lowest BCUT2D eigenvalue weighted by atomic mass is 9.89. The summed E-state index contributed by atoms with van der Waals surface area (Å²) in [6, 6.07) is 21.8. The summed E-state index contributed by atoms with van der Waals surface area (Å²) in [5.41, 5.74) is 6.81. The number of nitrogens with one attached hydrogen (secondary N) is 1. The molecule has 0 radical (unpaired) electrons. The zero-order chi connectivity index (χ0) is 31.9. The Hall–Kier alpha value is -4.00. The van der Waals surface area contributed by atoms with E-state index in [-0.39, 0.29) is 22.8 Å². The lowest BCUT2D eigenvalue weighted by molar-refractivity contribution is 0.0650. The van der Waals surface area contributed by atoms with Crippen LogP contribution >= 0.6 is 11.6 Å². The first kappa shape index (κ1) is 30.6. The SMILES string of the molecule is C=N/C=C\C(=C(/C)C1(NCc2cc(C3(CCCN4C(=O)c5ccccc5C4=O)CC3)ccc2Cl)CC1)c1ccccc1OC1CC1. The first-order valence-electron chi connectivity index (χ1n) is 16.4. The highest BCUT2D eigenvalue weighted by atomic mass is 35.5. The molecule has 1 aliphatic heterocycles. The molecule has 7 rings (SSSR count). The van der Waals surface area contributed by atoms with E-state index in [9.17, 15) is 9.59 Å². The van der Waals surface area contributed by atoms with Crippen molar-refractivity contribution in [1.82, 2.24) is 10.2 Å². The van der Waals surface area contributed by atoms with E-state index in [4.69, 9.17) is 16.3 Å². The molecule has 0 bridgehead atoms. The number of benzene rings is 3. The summed E-state index contributed by atoms with van der Waals surface area (Å²) in [5, 5.41) is 4.64. The first-order valence-corrected chi connectivity index (χ1v) is 16.8. The largest absolute Gasteiger partial charge is 0.490 e. The molecule has 0 spiro atoms. The summed E-state index contributed by atoms with van der Waals surface area (Å²) in [6.45, 7) is 6.97. The molecule has 3 saturated carbocycles. The van der Waals surface area contributed by atoms with E-state index < -0.39 is 0 Å². The van der Waals surface area contributed by atoms with Crippen LogP contribution in [0.3, 0.4) is 0 Å². The van der Waals surface area contributed by atoms with Crippen molar-refractivity contribution in [3.8, 4) is 5.75 Å². The van der Waals surface area contributed by atoms with Crippen LogP contribution in [0.2, 0.25) is 5.02 Å². The molecule has 7 heteroatoms. The van der Waals surface area contributed by atoms with Crippen molar-refractivity contribution < 1.29 is 14.3 Å². The van der Waals surface area contributed by atoms with E-state index in [0.717, 1.165) is 78.8 Å². The minimum absolute atomic E-state index is 0.0754. The molecule has 0 saturated heterocycles. The Balaban J connectivity index is 1.05. The third kappa shape index (κ3) is 5.96. The Morgan fingerprint density at radius 1 is 1.02 bits per heavy atom. The van der Waals surface area contributed by atoms with E-state index in [1.807, 2.05) is 30.3 Å². The van der Waals surface area contributed by atoms with Crippen molar-refractivity contribution in [1.29, 1.82) is 0 Å². The monoisotopic (exact) mass is 633 g/mol. The van der Waals surface area contributed by atoms with E-state index in [2.05, 4.69) is 54.3 Å². The van der Waals surface area contributed by atoms with Gasteiger partial charge in [-0.25, -0.2) is 0 Å². The van der Waals surface area contributed by atoms with E-state index in [1.54, 1.807) is 18.3 Å². The van der Waals surface area contributed by atoms with E-state index >= 15 is 0 Å². The summed E-state index contributed by atoms with van der Waals surface area (Å²) in [6.07, 6.45) is 12.3. The smallest absolute Gasteiger partial charge is 0.261 e. The first-order chi connectivity index (χ1) is 22.3. The van der Waals surface area contributed by atoms with Crippen LogP contribution in [0.4, 0.5) is 0 Å². The number of hydrogen-bond donors (Lipinski definition) is 1. The number of nitrogens with zero attached hydrogens (tertiary/aromatic N) is 2. The fraction of sp³-hybridized carbons (Fsp3) is 0.359. The van der Waals surface area contributed by atoms with Crippen LogP contribution in [0.5, 0.6) is 5.75 Å². The van der Waals surface area contributed by atoms with Crippen LogP contribution in [0.25, 0.3) is 5.57 Å². The van der Waals surface area contributed by atoms with Crippen LogP contribution in [0, 0.1) is 0 Å². The predicted octanol–water partition coefficient (Wildman–Crippen LogP) is 8.30. The highest BCUT2D eigenvalue weighted by Crippen LogP contribution is 2.52. The summed E-state index contributed by atoms with van der Waals surface area (Å²) in [7, 11) is 0. The molecule has 1 heterocycles. The van der Waals surface area contributed by atoms with Crippen molar-refractivity contribution in [3.05, 3.63) is 117 Å². The average molecular weight is 634 g/mol. The zero-order valence-electron chi connectivity index (χ0n) is 26.4. The highest BCUT2D eigenvalue weighted by Gasteiger charge is 2.46. The fourth-order valence-corrected chi connectivity index (χ4v) is 7.11. The van der Waals surface area contributed by atoms with Gasteiger partial charge in [0.15, 0.2) is 0 Å². The second-order valence-electron chi connectivity index (χ2n) is 13.3. The number of amides is 2.